The van der Waals surface area contributed by atoms with Crippen molar-refractivity contribution in [2.75, 3.05) is 13.8 Å². The molecule has 1 aromatic carbocycles. The Balaban J connectivity index is 2.72. The van der Waals surface area contributed by atoms with Crippen molar-refractivity contribution in [3.05, 3.63) is 57.4 Å². The van der Waals surface area contributed by atoms with Crippen LogP contribution < -0.4 is 5.32 Å². The second-order valence-corrected chi connectivity index (χ2v) is 6.50. The van der Waals surface area contributed by atoms with Gasteiger partial charge in [0, 0.05) is 10.7 Å². The molecular weight excluding hydrogens is 361 g/mol. The Kier molecular flexibility index (Phi) is 6.42. The first-order chi connectivity index (χ1) is 12.3. The van der Waals surface area contributed by atoms with Crippen LogP contribution in [0.4, 0.5) is 4.39 Å². The van der Waals surface area contributed by atoms with Crippen LogP contribution in [-0.4, -0.2) is 31.8 Å². The number of nitrogens with one attached hydrogen (secondary N) is 1. The molecular formula is C19H21ClFNO4. The molecule has 7 heteroatoms. The van der Waals surface area contributed by atoms with Crippen LogP contribution in [0.2, 0.25) is 5.02 Å². The van der Waals surface area contributed by atoms with Gasteiger partial charge in [0.05, 0.1) is 36.0 Å². The molecule has 0 aliphatic carbocycles. The smallest absolute Gasteiger partial charge is 0.337 e. The molecule has 2 rings (SSSR count). The SMILES string of the molecule is COC(=O)C1=C(CF)NC(C)=C(C(=O)OC(C)C)C1c1ccccc1Cl. The number of methoxy groups -OCH3 is 1. The lowest BCUT2D eigenvalue weighted by Crippen LogP contribution is -2.34. The van der Waals surface area contributed by atoms with Gasteiger partial charge in [-0.2, -0.15) is 0 Å². The van der Waals surface area contributed by atoms with E-state index in [-0.39, 0.29) is 22.9 Å². The molecule has 0 saturated carbocycles. The van der Waals surface area contributed by atoms with Crippen LogP contribution in [0.15, 0.2) is 46.8 Å². The Bertz CT molecular complexity index is 785. The number of alkyl halides is 1. The number of carbonyl (C=O) groups is 2. The summed E-state index contributed by atoms with van der Waals surface area (Å²) < 4.78 is 23.8. The molecule has 0 saturated heterocycles. The van der Waals surface area contributed by atoms with Gasteiger partial charge in [-0.1, -0.05) is 29.8 Å². The van der Waals surface area contributed by atoms with E-state index in [1.165, 1.54) is 7.11 Å². The van der Waals surface area contributed by atoms with Crippen LogP contribution >= 0.6 is 11.6 Å². The molecule has 0 fully saturated rings. The molecule has 1 unspecified atom stereocenters. The van der Waals surface area contributed by atoms with Gasteiger partial charge >= 0.3 is 11.9 Å². The van der Waals surface area contributed by atoms with Crippen molar-refractivity contribution >= 4 is 23.5 Å². The first-order valence-corrected chi connectivity index (χ1v) is 8.50. The second kappa shape index (κ2) is 8.36. The lowest BCUT2D eigenvalue weighted by Gasteiger charge is -2.31. The number of hydrogen-bond acceptors (Lipinski definition) is 5. The highest BCUT2D eigenvalue weighted by molar-refractivity contribution is 6.31. The normalized spacial score (nSPS) is 17.3. The van der Waals surface area contributed by atoms with Crippen molar-refractivity contribution in [2.24, 2.45) is 0 Å². The highest BCUT2D eigenvalue weighted by Gasteiger charge is 2.39. The molecule has 26 heavy (non-hydrogen) atoms. The standard InChI is InChI=1S/C19H21ClFNO4/c1-10(2)26-19(24)15-11(3)22-14(9-21)17(18(23)25-4)16(15)12-7-5-6-8-13(12)20/h5-8,10,16,22H,9H2,1-4H3. The zero-order valence-electron chi connectivity index (χ0n) is 15.1. The van der Waals surface area contributed by atoms with E-state index in [4.69, 9.17) is 21.1 Å². The summed E-state index contributed by atoms with van der Waals surface area (Å²) in [5.41, 5.74) is 1.15. The zero-order chi connectivity index (χ0) is 19.4. The molecule has 0 spiro atoms. The molecule has 1 aromatic rings. The van der Waals surface area contributed by atoms with E-state index < -0.39 is 24.5 Å². The number of dihydropyridines is 1. The van der Waals surface area contributed by atoms with Crippen LogP contribution in [0, 0.1) is 0 Å². The zero-order valence-corrected chi connectivity index (χ0v) is 15.8. The molecule has 0 radical (unpaired) electrons. The number of ether oxygens (including phenoxy) is 2. The maximum Gasteiger partial charge on any atom is 0.337 e. The van der Waals surface area contributed by atoms with Crippen molar-refractivity contribution in [3.8, 4) is 0 Å². The van der Waals surface area contributed by atoms with Crippen LogP contribution in [-0.2, 0) is 19.1 Å². The van der Waals surface area contributed by atoms with Crippen molar-refractivity contribution < 1.29 is 23.5 Å². The average Bonchev–Trinajstić information content (AvgIpc) is 2.59. The molecule has 1 atom stereocenters. The van der Waals surface area contributed by atoms with Gasteiger partial charge in [-0.25, -0.2) is 14.0 Å². The third-order valence-electron chi connectivity index (χ3n) is 3.96. The molecule has 0 bridgehead atoms. The predicted octanol–water partition coefficient (Wildman–Crippen LogP) is 3.65. The Morgan fingerprint density at radius 1 is 1.23 bits per heavy atom. The van der Waals surface area contributed by atoms with Crippen LogP contribution in [0.25, 0.3) is 0 Å². The Morgan fingerprint density at radius 3 is 2.42 bits per heavy atom. The molecule has 1 heterocycles. The summed E-state index contributed by atoms with van der Waals surface area (Å²) in [6.45, 7) is 4.15. The van der Waals surface area contributed by atoms with Crippen molar-refractivity contribution in [1.82, 2.24) is 5.32 Å². The summed E-state index contributed by atoms with van der Waals surface area (Å²) in [6.07, 6.45) is -0.358. The Labute approximate surface area is 156 Å². The topological polar surface area (TPSA) is 64.6 Å². The summed E-state index contributed by atoms with van der Waals surface area (Å²) in [6, 6.07) is 6.79. The van der Waals surface area contributed by atoms with Gasteiger partial charge < -0.3 is 14.8 Å². The number of halogens is 2. The molecule has 5 nitrogen and oxygen atoms in total. The van der Waals surface area contributed by atoms with E-state index in [0.29, 0.717) is 16.3 Å². The summed E-state index contributed by atoms with van der Waals surface area (Å²) in [7, 11) is 1.20. The number of benzene rings is 1. The number of carbonyl (C=O) groups excluding carboxylic acids is 2. The number of esters is 2. The van der Waals surface area contributed by atoms with Gasteiger partial charge in [-0.3, -0.25) is 0 Å². The maximum atomic E-state index is 13.6. The lowest BCUT2D eigenvalue weighted by molar-refractivity contribution is -0.143. The van der Waals surface area contributed by atoms with Gasteiger partial charge in [0.25, 0.3) is 0 Å². The molecule has 0 amide bonds. The van der Waals surface area contributed by atoms with Gasteiger partial charge in [0.15, 0.2) is 0 Å². The summed E-state index contributed by atoms with van der Waals surface area (Å²) in [5.74, 6) is -2.24. The first-order valence-electron chi connectivity index (χ1n) is 8.12. The second-order valence-electron chi connectivity index (χ2n) is 6.09. The third-order valence-corrected chi connectivity index (χ3v) is 4.31. The van der Waals surface area contributed by atoms with E-state index >= 15 is 0 Å². The molecule has 0 aromatic heterocycles. The number of hydrogen-bond donors (Lipinski definition) is 1. The largest absolute Gasteiger partial charge is 0.466 e. The molecule has 140 valence electrons. The Hall–Kier alpha value is -2.34. The molecule has 1 aliphatic heterocycles. The predicted molar refractivity (Wildman–Crippen MR) is 96.3 cm³/mol. The van der Waals surface area contributed by atoms with Crippen LogP contribution in [0.3, 0.4) is 0 Å². The monoisotopic (exact) mass is 381 g/mol. The lowest BCUT2D eigenvalue weighted by atomic mass is 9.80. The minimum absolute atomic E-state index is 0.00408. The van der Waals surface area contributed by atoms with Gasteiger partial charge in [0.2, 0.25) is 0 Å². The fraction of sp³-hybridized carbons (Fsp3) is 0.368. The van der Waals surface area contributed by atoms with Crippen molar-refractivity contribution in [2.45, 2.75) is 32.8 Å². The maximum absolute atomic E-state index is 13.6. The number of allylic oxidation sites excluding steroid dienone is 2. The van der Waals surface area contributed by atoms with E-state index in [9.17, 15) is 14.0 Å². The highest BCUT2D eigenvalue weighted by atomic mass is 35.5. The van der Waals surface area contributed by atoms with Gasteiger partial charge in [-0.15, -0.1) is 0 Å². The van der Waals surface area contributed by atoms with Crippen LogP contribution in [0.1, 0.15) is 32.3 Å². The molecule has 1 N–H and O–H groups in total. The van der Waals surface area contributed by atoms with E-state index in [1.807, 2.05) is 0 Å². The number of rotatable bonds is 5. The summed E-state index contributed by atoms with van der Waals surface area (Å²) in [5, 5.41) is 3.14. The van der Waals surface area contributed by atoms with E-state index in [2.05, 4.69) is 5.32 Å². The average molecular weight is 382 g/mol. The van der Waals surface area contributed by atoms with Crippen molar-refractivity contribution in [1.29, 1.82) is 0 Å². The third kappa shape index (κ3) is 3.90. The molecule has 1 aliphatic rings. The highest BCUT2D eigenvalue weighted by Crippen LogP contribution is 2.41. The fourth-order valence-corrected chi connectivity index (χ4v) is 3.17. The summed E-state index contributed by atoms with van der Waals surface area (Å²) >= 11 is 6.32. The van der Waals surface area contributed by atoms with Crippen LogP contribution in [0.5, 0.6) is 0 Å². The van der Waals surface area contributed by atoms with E-state index in [0.717, 1.165) is 0 Å². The Morgan fingerprint density at radius 2 is 1.88 bits per heavy atom. The van der Waals surface area contributed by atoms with Gasteiger partial charge in [0.1, 0.15) is 6.67 Å². The quantitative estimate of drug-likeness (QED) is 0.789. The first kappa shape index (κ1) is 20.0. The minimum atomic E-state index is -0.921. The minimum Gasteiger partial charge on any atom is -0.466 e. The van der Waals surface area contributed by atoms with Crippen molar-refractivity contribution in [3.63, 3.8) is 0 Å². The van der Waals surface area contributed by atoms with E-state index in [1.54, 1.807) is 45.0 Å². The summed E-state index contributed by atoms with van der Waals surface area (Å²) in [4.78, 5) is 25.2. The van der Waals surface area contributed by atoms with Gasteiger partial charge in [-0.05, 0) is 32.4 Å². The fourth-order valence-electron chi connectivity index (χ4n) is 2.92.